The van der Waals surface area contributed by atoms with Crippen LogP contribution >= 0.6 is 0 Å². The van der Waals surface area contributed by atoms with Gasteiger partial charge in [0.15, 0.2) is 0 Å². The molecular weight excluding hydrogens is 346 g/mol. The lowest BCUT2D eigenvalue weighted by Crippen LogP contribution is -2.39. The Kier molecular flexibility index (Phi) is 5.00. The van der Waals surface area contributed by atoms with E-state index in [0.29, 0.717) is 5.41 Å². The van der Waals surface area contributed by atoms with E-state index < -0.39 is 0 Å². The number of nitrogens with one attached hydrogen (secondary N) is 1. The molecule has 1 N–H and O–H groups in total. The van der Waals surface area contributed by atoms with E-state index >= 15 is 0 Å². The molecule has 0 radical (unpaired) electrons. The van der Waals surface area contributed by atoms with Crippen LogP contribution in [0.15, 0.2) is 12.1 Å². The fourth-order valence-electron chi connectivity index (χ4n) is 6.28. The summed E-state index contributed by atoms with van der Waals surface area (Å²) in [6.45, 7) is 13.0. The van der Waals surface area contributed by atoms with Gasteiger partial charge in [0.1, 0.15) is 5.82 Å². The minimum atomic E-state index is 0.547. The van der Waals surface area contributed by atoms with Crippen LogP contribution in [-0.2, 0) is 0 Å². The van der Waals surface area contributed by atoms with E-state index in [1.807, 2.05) is 0 Å². The molecule has 154 valence electrons. The second kappa shape index (κ2) is 7.49. The van der Waals surface area contributed by atoms with Crippen molar-refractivity contribution in [2.24, 2.45) is 5.41 Å². The number of rotatable bonds is 3. The molecule has 5 rings (SSSR count). The van der Waals surface area contributed by atoms with Crippen molar-refractivity contribution >= 4 is 11.5 Å². The van der Waals surface area contributed by atoms with Gasteiger partial charge in [-0.05, 0) is 89.6 Å². The van der Waals surface area contributed by atoms with E-state index in [9.17, 15) is 0 Å². The lowest BCUT2D eigenvalue weighted by molar-refractivity contribution is 0.204. The lowest BCUT2D eigenvalue weighted by atomic mass is 9.78. The van der Waals surface area contributed by atoms with Gasteiger partial charge < -0.3 is 15.1 Å². The van der Waals surface area contributed by atoms with E-state index in [-0.39, 0.29) is 0 Å². The number of nitrogens with zero attached hydrogens (tertiary/aromatic N) is 4. The average Bonchev–Trinajstić information content (AvgIpc) is 3.43. The number of aromatic nitrogens is 1. The molecule has 1 spiro atoms. The third kappa shape index (κ3) is 3.41. The van der Waals surface area contributed by atoms with Gasteiger partial charge in [-0.3, -0.25) is 4.90 Å². The fraction of sp³-hybridized carbons (Fsp3) is 0.783. The Morgan fingerprint density at radius 3 is 2.64 bits per heavy atom. The quantitative estimate of drug-likeness (QED) is 0.868. The number of piperidine rings is 1. The van der Waals surface area contributed by atoms with Crippen LogP contribution in [0.25, 0.3) is 0 Å². The number of hydrogen-bond acceptors (Lipinski definition) is 5. The molecule has 4 fully saturated rings. The van der Waals surface area contributed by atoms with Gasteiger partial charge in [0.25, 0.3) is 0 Å². The Morgan fingerprint density at radius 1 is 1.04 bits per heavy atom. The second-order valence-corrected chi connectivity index (χ2v) is 9.81. The largest absolute Gasteiger partial charge is 0.369 e. The van der Waals surface area contributed by atoms with E-state index in [2.05, 4.69) is 46.0 Å². The van der Waals surface area contributed by atoms with Crippen molar-refractivity contribution in [1.82, 2.24) is 15.2 Å². The highest BCUT2D eigenvalue weighted by molar-refractivity contribution is 5.56. The molecule has 5 heteroatoms. The van der Waals surface area contributed by atoms with Crippen LogP contribution in [0.2, 0.25) is 0 Å². The van der Waals surface area contributed by atoms with Crippen molar-refractivity contribution < 1.29 is 0 Å². The van der Waals surface area contributed by atoms with Crippen molar-refractivity contribution in [2.75, 3.05) is 55.6 Å². The first-order valence-corrected chi connectivity index (χ1v) is 11.6. The maximum atomic E-state index is 5.07. The summed E-state index contributed by atoms with van der Waals surface area (Å²) in [5, 5.41) is 3.53. The van der Waals surface area contributed by atoms with E-state index in [4.69, 9.17) is 4.98 Å². The van der Waals surface area contributed by atoms with Crippen LogP contribution in [0.1, 0.15) is 51.1 Å². The predicted molar refractivity (Wildman–Crippen MR) is 116 cm³/mol. The van der Waals surface area contributed by atoms with Gasteiger partial charge >= 0.3 is 0 Å². The van der Waals surface area contributed by atoms with E-state index in [0.717, 1.165) is 25.2 Å². The standard InChI is InChI=1S/C23H37N5/c1-18-4-3-13-28(18)20-7-14-26(16-20)22-6-5-21(19(2)25-22)27-15-10-23(17-27)8-11-24-12-9-23/h5-6,18,20,24H,3-4,7-17H2,1-2H3/t18-,20+/m0/s1. The van der Waals surface area contributed by atoms with Crippen molar-refractivity contribution in [3.05, 3.63) is 17.8 Å². The normalized spacial score (nSPS) is 30.6. The number of hydrogen-bond donors (Lipinski definition) is 1. The van der Waals surface area contributed by atoms with E-state index in [1.165, 1.54) is 88.4 Å². The molecule has 4 saturated heterocycles. The van der Waals surface area contributed by atoms with Crippen molar-refractivity contribution in [3.8, 4) is 0 Å². The van der Waals surface area contributed by atoms with Crippen molar-refractivity contribution in [2.45, 2.75) is 64.5 Å². The lowest BCUT2D eigenvalue weighted by Gasteiger charge is -2.34. The Labute approximate surface area is 170 Å². The summed E-state index contributed by atoms with van der Waals surface area (Å²) in [4.78, 5) is 12.9. The van der Waals surface area contributed by atoms with Crippen LogP contribution in [0.3, 0.4) is 0 Å². The predicted octanol–water partition coefficient (Wildman–Crippen LogP) is 3.03. The first kappa shape index (κ1) is 18.7. The van der Waals surface area contributed by atoms with Crippen LogP contribution in [0, 0.1) is 12.3 Å². The molecular formula is C23H37N5. The Morgan fingerprint density at radius 2 is 1.89 bits per heavy atom. The van der Waals surface area contributed by atoms with Gasteiger partial charge in [0, 0.05) is 38.3 Å². The number of aryl methyl sites for hydroxylation is 1. The molecule has 5 heterocycles. The van der Waals surface area contributed by atoms with Gasteiger partial charge in [-0.15, -0.1) is 0 Å². The molecule has 0 aliphatic carbocycles. The zero-order chi connectivity index (χ0) is 19.1. The SMILES string of the molecule is Cc1nc(N2CC[C@@H](N3CCC[C@@H]3C)C2)ccc1N1CCC2(CCNCC2)C1. The summed E-state index contributed by atoms with van der Waals surface area (Å²) in [5.74, 6) is 1.19. The van der Waals surface area contributed by atoms with Crippen LogP contribution in [0.4, 0.5) is 11.5 Å². The Bertz CT molecular complexity index is 698. The molecule has 0 aromatic carbocycles. The first-order chi connectivity index (χ1) is 13.6. The molecule has 0 amide bonds. The zero-order valence-corrected chi connectivity index (χ0v) is 17.8. The molecule has 1 aromatic heterocycles. The highest BCUT2D eigenvalue weighted by atomic mass is 15.3. The van der Waals surface area contributed by atoms with Crippen LogP contribution < -0.4 is 15.1 Å². The second-order valence-electron chi connectivity index (χ2n) is 9.81. The highest BCUT2D eigenvalue weighted by Gasteiger charge is 2.39. The third-order valence-corrected chi connectivity index (χ3v) is 8.05. The maximum absolute atomic E-state index is 5.07. The first-order valence-electron chi connectivity index (χ1n) is 11.6. The molecule has 2 atom stereocenters. The molecule has 0 bridgehead atoms. The fourth-order valence-corrected chi connectivity index (χ4v) is 6.28. The molecule has 0 unspecified atom stereocenters. The molecule has 4 aliphatic rings. The summed E-state index contributed by atoms with van der Waals surface area (Å²) in [5.41, 5.74) is 3.12. The van der Waals surface area contributed by atoms with Crippen LogP contribution in [-0.4, -0.2) is 67.8 Å². The monoisotopic (exact) mass is 383 g/mol. The van der Waals surface area contributed by atoms with Crippen molar-refractivity contribution in [3.63, 3.8) is 0 Å². The van der Waals surface area contributed by atoms with Crippen LogP contribution in [0.5, 0.6) is 0 Å². The minimum Gasteiger partial charge on any atom is -0.369 e. The number of anilines is 2. The van der Waals surface area contributed by atoms with Crippen molar-refractivity contribution in [1.29, 1.82) is 0 Å². The van der Waals surface area contributed by atoms with Gasteiger partial charge in [-0.25, -0.2) is 4.98 Å². The van der Waals surface area contributed by atoms with E-state index in [1.54, 1.807) is 0 Å². The topological polar surface area (TPSA) is 34.6 Å². The summed E-state index contributed by atoms with van der Waals surface area (Å²) < 4.78 is 0. The molecule has 4 aliphatic heterocycles. The zero-order valence-electron chi connectivity index (χ0n) is 17.8. The van der Waals surface area contributed by atoms with Gasteiger partial charge in [-0.1, -0.05) is 0 Å². The number of likely N-dealkylation sites (tertiary alicyclic amines) is 1. The summed E-state index contributed by atoms with van der Waals surface area (Å²) in [7, 11) is 0. The summed E-state index contributed by atoms with van der Waals surface area (Å²) in [6, 6.07) is 6.12. The van der Waals surface area contributed by atoms with Gasteiger partial charge in [0.2, 0.25) is 0 Å². The average molecular weight is 384 g/mol. The third-order valence-electron chi connectivity index (χ3n) is 8.05. The summed E-state index contributed by atoms with van der Waals surface area (Å²) >= 11 is 0. The molecule has 1 aromatic rings. The maximum Gasteiger partial charge on any atom is 0.129 e. The highest BCUT2D eigenvalue weighted by Crippen LogP contribution is 2.41. The minimum absolute atomic E-state index is 0.547. The summed E-state index contributed by atoms with van der Waals surface area (Å²) in [6.07, 6.45) is 8.04. The Balaban J connectivity index is 1.26. The molecule has 5 nitrogen and oxygen atoms in total. The molecule has 28 heavy (non-hydrogen) atoms. The van der Waals surface area contributed by atoms with Gasteiger partial charge in [0.05, 0.1) is 11.4 Å². The van der Waals surface area contributed by atoms with Gasteiger partial charge in [-0.2, -0.15) is 0 Å². The molecule has 0 saturated carbocycles. The number of pyridine rings is 1. The Hall–Kier alpha value is -1.33. The smallest absolute Gasteiger partial charge is 0.129 e.